The number of benzene rings is 5. The minimum atomic E-state index is 0.228. The first kappa shape index (κ1) is 24.4. The van der Waals surface area contributed by atoms with Gasteiger partial charge in [0.1, 0.15) is 0 Å². The number of nitrogens with one attached hydrogen (secondary N) is 2. The van der Waals surface area contributed by atoms with E-state index >= 15 is 0 Å². The van der Waals surface area contributed by atoms with E-state index in [-0.39, 0.29) is 5.92 Å². The van der Waals surface area contributed by atoms with Gasteiger partial charge in [-0.3, -0.25) is 15.5 Å². The van der Waals surface area contributed by atoms with Crippen LogP contribution in [0.25, 0.3) is 38.9 Å². The average molecular weight is 540 g/mol. The molecule has 200 valence electrons. The van der Waals surface area contributed by atoms with E-state index in [0.717, 1.165) is 27.9 Å². The molecule has 3 nitrogen and oxygen atoms in total. The molecule has 2 unspecified atom stereocenters. The Balaban J connectivity index is 1.24. The molecule has 8 rings (SSSR count). The molecule has 0 spiro atoms. The second-order valence-corrected chi connectivity index (χ2v) is 11.0. The number of para-hydroxylation sites is 1. The average Bonchev–Trinajstić information content (AvgIpc) is 3.39. The highest BCUT2D eigenvalue weighted by Crippen LogP contribution is 2.44. The summed E-state index contributed by atoms with van der Waals surface area (Å²) in [6.07, 6.45) is 13.5. The molecule has 0 radical (unpaired) electrons. The van der Waals surface area contributed by atoms with Crippen molar-refractivity contribution in [3.05, 3.63) is 168 Å². The monoisotopic (exact) mass is 539 g/mol. The quantitative estimate of drug-likeness (QED) is 0.210. The molecule has 0 aliphatic heterocycles. The highest BCUT2D eigenvalue weighted by atomic mass is 15.4. The molecule has 2 atom stereocenters. The minimum Gasteiger partial charge on any atom is -0.300 e. The fourth-order valence-electron chi connectivity index (χ4n) is 6.55. The molecule has 1 heterocycles. The van der Waals surface area contributed by atoms with Crippen molar-refractivity contribution in [2.75, 3.05) is 5.43 Å². The molecule has 1 aromatic heterocycles. The summed E-state index contributed by atoms with van der Waals surface area (Å²) in [6, 6.07) is 39.9. The maximum absolute atomic E-state index is 9.24. The number of rotatable bonds is 5. The molecule has 42 heavy (non-hydrogen) atoms. The molecule has 2 aliphatic rings. The first-order valence-corrected chi connectivity index (χ1v) is 14.5. The Kier molecular flexibility index (Phi) is 5.75. The topological polar surface area (TPSA) is 40.8 Å². The zero-order valence-corrected chi connectivity index (χ0v) is 23.0. The Morgan fingerprint density at radius 3 is 2.29 bits per heavy atom. The van der Waals surface area contributed by atoms with Gasteiger partial charge in [-0.15, -0.1) is 0 Å². The molecule has 0 saturated heterocycles. The Hall–Kier alpha value is -5.41. The van der Waals surface area contributed by atoms with Crippen molar-refractivity contribution in [2.45, 2.75) is 5.92 Å². The number of anilines is 1. The zero-order valence-electron chi connectivity index (χ0n) is 23.0. The van der Waals surface area contributed by atoms with Crippen LogP contribution in [0, 0.1) is 11.3 Å². The van der Waals surface area contributed by atoms with Crippen molar-refractivity contribution < 1.29 is 0 Å². The third kappa shape index (κ3) is 3.93. The SMILES string of the molecule is N=C(c1ccc(-c2ccccc2)cc1)c1ccccc1Nn1c2c(c3c4ccccc4ccc31)C=CC1C=CC=CC21. The lowest BCUT2D eigenvalue weighted by atomic mass is 9.80. The Morgan fingerprint density at radius 1 is 0.667 bits per heavy atom. The summed E-state index contributed by atoms with van der Waals surface area (Å²) in [5, 5.41) is 13.0. The Labute approximate surface area is 245 Å². The van der Waals surface area contributed by atoms with E-state index in [2.05, 4.69) is 138 Å². The van der Waals surface area contributed by atoms with E-state index < -0.39 is 0 Å². The fraction of sp³-hybridized carbons (Fsp3) is 0.0513. The number of fused-ring (bicyclic) bond motifs is 7. The molecular formula is C39H29N3. The van der Waals surface area contributed by atoms with E-state index in [4.69, 9.17) is 0 Å². The van der Waals surface area contributed by atoms with Gasteiger partial charge in [-0.1, -0.05) is 140 Å². The summed E-state index contributed by atoms with van der Waals surface area (Å²) in [7, 11) is 0. The van der Waals surface area contributed by atoms with Crippen LogP contribution in [0.4, 0.5) is 5.69 Å². The molecule has 0 saturated carbocycles. The third-order valence-electron chi connectivity index (χ3n) is 8.62. The van der Waals surface area contributed by atoms with Crippen LogP contribution < -0.4 is 5.43 Å². The Bertz CT molecular complexity index is 2070. The Morgan fingerprint density at radius 2 is 1.40 bits per heavy atom. The number of aromatic nitrogens is 1. The summed E-state index contributed by atoms with van der Waals surface area (Å²) in [5.41, 5.74) is 12.9. The van der Waals surface area contributed by atoms with Crippen molar-refractivity contribution in [1.82, 2.24) is 4.68 Å². The van der Waals surface area contributed by atoms with Crippen LogP contribution in [0.15, 0.2) is 146 Å². The van der Waals surface area contributed by atoms with Gasteiger partial charge < -0.3 is 0 Å². The third-order valence-corrected chi connectivity index (χ3v) is 8.62. The summed E-state index contributed by atoms with van der Waals surface area (Å²) >= 11 is 0. The minimum absolute atomic E-state index is 0.228. The lowest BCUT2D eigenvalue weighted by Gasteiger charge is -2.28. The predicted molar refractivity (Wildman–Crippen MR) is 176 cm³/mol. The highest BCUT2D eigenvalue weighted by Gasteiger charge is 2.31. The molecular weight excluding hydrogens is 510 g/mol. The van der Waals surface area contributed by atoms with Crippen LogP contribution in [-0.2, 0) is 0 Å². The van der Waals surface area contributed by atoms with E-state index in [9.17, 15) is 5.41 Å². The van der Waals surface area contributed by atoms with Crippen molar-refractivity contribution >= 4 is 39.2 Å². The second kappa shape index (κ2) is 9.90. The van der Waals surface area contributed by atoms with Crippen molar-refractivity contribution in [3.8, 4) is 11.1 Å². The van der Waals surface area contributed by atoms with Crippen LogP contribution in [0.3, 0.4) is 0 Å². The van der Waals surface area contributed by atoms with Gasteiger partial charge in [0.25, 0.3) is 0 Å². The number of hydrogen-bond acceptors (Lipinski definition) is 2. The lowest BCUT2D eigenvalue weighted by Crippen LogP contribution is -2.22. The van der Waals surface area contributed by atoms with Gasteiger partial charge in [0.15, 0.2) is 0 Å². The fourth-order valence-corrected chi connectivity index (χ4v) is 6.55. The van der Waals surface area contributed by atoms with Crippen molar-refractivity contribution in [2.24, 2.45) is 5.92 Å². The first-order chi connectivity index (χ1) is 20.8. The molecule has 6 aromatic rings. The largest absolute Gasteiger partial charge is 0.300 e. The maximum Gasteiger partial charge on any atom is 0.0712 e. The number of nitrogens with zero attached hydrogens (tertiary/aromatic N) is 1. The van der Waals surface area contributed by atoms with E-state index in [1.54, 1.807) is 0 Å². The van der Waals surface area contributed by atoms with E-state index in [1.807, 2.05) is 24.3 Å². The summed E-state index contributed by atoms with van der Waals surface area (Å²) in [5.74, 6) is 0.543. The molecule has 2 N–H and O–H groups in total. The van der Waals surface area contributed by atoms with E-state index in [1.165, 1.54) is 33.0 Å². The molecule has 0 fully saturated rings. The van der Waals surface area contributed by atoms with E-state index in [0.29, 0.717) is 11.6 Å². The van der Waals surface area contributed by atoms with Gasteiger partial charge in [-0.2, -0.15) is 0 Å². The second-order valence-electron chi connectivity index (χ2n) is 11.0. The van der Waals surface area contributed by atoms with Crippen LogP contribution in [0.1, 0.15) is 28.3 Å². The van der Waals surface area contributed by atoms with Crippen LogP contribution in [0.5, 0.6) is 0 Å². The molecule has 3 heteroatoms. The van der Waals surface area contributed by atoms with Gasteiger partial charge in [0.05, 0.1) is 22.6 Å². The number of allylic oxidation sites excluding steroid dienone is 5. The summed E-state index contributed by atoms with van der Waals surface area (Å²) < 4.78 is 2.27. The van der Waals surface area contributed by atoms with Crippen LogP contribution >= 0.6 is 0 Å². The van der Waals surface area contributed by atoms with Crippen LogP contribution in [-0.4, -0.2) is 10.4 Å². The molecule has 0 bridgehead atoms. The summed E-state index contributed by atoms with van der Waals surface area (Å²) in [4.78, 5) is 0. The van der Waals surface area contributed by atoms with Gasteiger partial charge >= 0.3 is 0 Å². The maximum atomic E-state index is 9.24. The van der Waals surface area contributed by atoms with Crippen molar-refractivity contribution in [1.29, 1.82) is 5.41 Å². The molecule has 0 amide bonds. The zero-order chi connectivity index (χ0) is 28.0. The summed E-state index contributed by atoms with van der Waals surface area (Å²) in [6.45, 7) is 0. The van der Waals surface area contributed by atoms with Gasteiger partial charge in [0.2, 0.25) is 0 Å². The number of hydrogen-bond donors (Lipinski definition) is 2. The van der Waals surface area contributed by atoms with Crippen molar-refractivity contribution in [3.63, 3.8) is 0 Å². The van der Waals surface area contributed by atoms with Gasteiger partial charge in [-0.05, 0) is 34.0 Å². The van der Waals surface area contributed by atoms with Gasteiger partial charge in [-0.25, -0.2) is 0 Å². The standard InChI is InChI=1S/C39H29N3/c40-38(30-20-18-27(19-21-30)26-10-2-1-3-11-26)33-16-8-9-17-35(33)41-42-36-25-23-28-12-4-6-14-31(28)37(36)34-24-22-29-13-5-7-15-32(29)39(34)42/h1-25,29,32,40-41H. The van der Waals surface area contributed by atoms with Gasteiger partial charge in [0, 0.05) is 33.9 Å². The smallest absolute Gasteiger partial charge is 0.0712 e. The molecule has 2 aliphatic carbocycles. The van der Waals surface area contributed by atoms with Crippen LogP contribution in [0.2, 0.25) is 0 Å². The highest BCUT2D eigenvalue weighted by molar-refractivity contribution is 6.15. The predicted octanol–water partition coefficient (Wildman–Crippen LogP) is 9.61. The molecule has 5 aromatic carbocycles. The first-order valence-electron chi connectivity index (χ1n) is 14.5. The lowest BCUT2D eigenvalue weighted by molar-refractivity contribution is 0.651. The normalized spacial score (nSPS) is 16.9.